The number of carbonyl (C=O) groups is 1. The molecule has 0 aromatic heterocycles. The molecule has 0 aliphatic heterocycles. The third kappa shape index (κ3) is 4.76. The summed E-state index contributed by atoms with van der Waals surface area (Å²) in [5.74, 6) is 0.0116. The molecule has 1 aromatic rings. The summed E-state index contributed by atoms with van der Waals surface area (Å²) in [4.78, 5) is 32.7. The number of hydrogen-bond donors (Lipinski definition) is 4. The third-order valence-corrected chi connectivity index (χ3v) is 12.0. The minimum atomic E-state index is -1.22. The summed E-state index contributed by atoms with van der Waals surface area (Å²) >= 11 is 0. The van der Waals surface area contributed by atoms with E-state index in [1.807, 2.05) is 0 Å². The number of nitro benzene ring substituents is 2. The van der Waals surface area contributed by atoms with Crippen LogP contribution in [0.3, 0.4) is 0 Å². The van der Waals surface area contributed by atoms with Crippen LogP contribution in [-0.2, 0) is 4.79 Å². The van der Waals surface area contributed by atoms with Gasteiger partial charge in [-0.15, -0.1) is 0 Å². The van der Waals surface area contributed by atoms with E-state index in [2.05, 4.69) is 31.3 Å². The molecule has 5 rings (SSSR count). The first-order valence-electron chi connectivity index (χ1n) is 15.1. The number of carboxylic acid groups (broad SMARTS) is 1. The number of hydrogen-bond acceptors (Lipinski definition) is 9. The molecule has 230 valence electrons. The molecule has 0 saturated heterocycles. The number of nitrogens with zero attached hydrogens (tertiary/aromatic N) is 3. The Morgan fingerprint density at radius 1 is 1.14 bits per heavy atom. The molecule has 4 aliphatic carbocycles. The molecule has 12 heteroatoms. The summed E-state index contributed by atoms with van der Waals surface area (Å²) in [6.07, 6.45) is 7.26. The topological polar surface area (TPSA) is 188 Å². The summed E-state index contributed by atoms with van der Waals surface area (Å²) in [6.45, 7) is 6.63. The van der Waals surface area contributed by atoms with Crippen LogP contribution in [0.2, 0.25) is 0 Å². The lowest BCUT2D eigenvalue weighted by molar-refractivity contribution is -0.393. The van der Waals surface area contributed by atoms with Gasteiger partial charge in [-0.3, -0.25) is 30.4 Å². The number of rotatable bonds is 9. The van der Waals surface area contributed by atoms with E-state index in [9.17, 15) is 40.3 Å². The number of non-ortho nitro benzene ring substituents is 1. The number of anilines is 1. The number of hydrazone groups is 1. The number of aliphatic hydroxyl groups is 2. The summed E-state index contributed by atoms with van der Waals surface area (Å²) in [5.41, 5.74) is 0.196. The number of aliphatic carboxylic acids is 1. The molecule has 0 radical (unpaired) electrons. The van der Waals surface area contributed by atoms with Crippen LogP contribution >= 0.6 is 0 Å². The highest BCUT2D eigenvalue weighted by Crippen LogP contribution is 2.72. The summed E-state index contributed by atoms with van der Waals surface area (Å²) < 4.78 is 0. The van der Waals surface area contributed by atoms with E-state index in [0.29, 0.717) is 25.2 Å². The number of nitrogens with one attached hydrogen (secondary N) is 1. The van der Waals surface area contributed by atoms with Crippen LogP contribution in [0.1, 0.15) is 78.6 Å². The Kier molecular flexibility index (Phi) is 7.84. The van der Waals surface area contributed by atoms with Crippen molar-refractivity contribution >= 4 is 29.2 Å². The molecule has 0 heterocycles. The van der Waals surface area contributed by atoms with Crippen molar-refractivity contribution in [3.05, 3.63) is 38.4 Å². The average molecular weight is 587 g/mol. The smallest absolute Gasteiger partial charge is 0.303 e. The molecule has 10 atom stereocenters. The van der Waals surface area contributed by atoms with Crippen molar-refractivity contribution in [2.75, 3.05) is 5.43 Å². The third-order valence-electron chi connectivity index (χ3n) is 12.0. The van der Waals surface area contributed by atoms with Crippen molar-refractivity contribution in [2.24, 2.45) is 51.4 Å². The predicted molar refractivity (Wildman–Crippen MR) is 155 cm³/mol. The van der Waals surface area contributed by atoms with Gasteiger partial charge in [0.05, 0.1) is 27.6 Å². The monoisotopic (exact) mass is 586 g/mol. The maximum Gasteiger partial charge on any atom is 0.303 e. The van der Waals surface area contributed by atoms with Gasteiger partial charge in [0, 0.05) is 36.5 Å². The van der Waals surface area contributed by atoms with Gasteiger partial charge in [0.15, 0.2) is 0 Å². The van der Waals surface area contributed by atoms with Crippen LogP contribution in [0.5, 0.6) is 0 Å². The van der Waals surface area contributed by atoms with Crippen LogP contribution in [0.15, 0.2) is 23.3 Å². The predicted octanol–water partition coefficient (Wildman–Crippen LogP) is 5.37. The van der Waals surface area contributed by atoms with Gasteiger partial charge in [-0.2, -0.15) is 5.10 Å². The van der Waals surface area contributed by atoms with Crippen molar-refractivity contribution in [2.45, 2.75) is 90.3 Å². The lowest BCUT2D eigenvalue weighted by Gasteiger charge is -2.52. The molecule has 4 saturated carbocycles. The Balaban J connectivity index is 1.48. The van der Waals surface area contributed by atoms with E-state index in [-0.39, 0.29) is 47.6 Å². The largest absolute Gasteiger partial charge is 0.481 e. The number of carboxylic acids is 1. The van der Waals surface area contributed by atoms with Gasteiger partial charge < -0.3 is 15.3 Å². The maximum atomic E-state index is 12.5. The van der Waals surface area contributed by atoms with E-state index in [1.54, 1.807) is 6.21 Å². The van der Waals surface area contributed by atoms with Crippen molar-refractivity contribution in [3.8, 4) is 0 Å². The maximum absolute atomic E-state index is 12.5. The summed E-state index contributed by atoms with van der Waals surface area (Å²) in [7, 11) is 0. The number of nitro groups is 2. The highest BCUT2D eigenvalue weighted by Gasteiger charge is 2.71. The van der Waals surface area contributed by atoms with Crippen molar-refractivity contribution in [1.29, 1.82) is 0 Å². The number of fused-ring (bicyclic) bond motifs is 5. The Hall–Kier alpha value is -3.12. The Labute approximate surface area is 244 Å². The van der Waals surface area contributed by atoms with Crippen LogP contribution in [-0.4, -0.2) is 49.1 Å². The van der Waals surface area contributed by atoms with E-state index in [0.717, 1.165) is 31.7 Å². The van der Waals surface area contributed by atoms with Crippen molar-refractivity contribution in [1.82, 2.24) is 0 Å². The molecule has 0 spiro atoms. The van der Waals surface area contributed by atoms with Gasteiger partial charge in [0.2, 0.25) is 0 Å². The summed E-state index contributed by atoms with van der Waals surface area (Å²) in [6, 6.07) is 3.32. The molecule has 0 bridgehead atoms. The fourth-order valence-electron chi connectivity index (χ4n) is 9.97. The highest BCUT2D eigenvalue weighted by molar-refractivity contribution is 5.70. The van der Waals surface area contributed by atoms with Crippen molar-refractivity contribution in [3.63, 3.8) is 0 Å². The lowest BCUT2D eigenvalue weighted by Crippen LogP contribution is -2.54. The lowest BCUT2D eigenvalue weighted by atomic mass is 9.53. The minimum Gasteiger partial charge on any atom is -0.481 e. The number of benzene rings is 1. The van der Waals surface area contributed by atoms with E-state index >= 15 is 0 Å². The molecule has 42 heavy (non-hydrogen) atoms. The summed E-state index contributed by atoms with van der Waals surface area (Å²) in [5, 5.41) is 59.6. The van der Waals surface area contributed by atoms with Crippen LogP contribution in [0, 0.1) is 66.6 Å². The van der Waals surface area contributed by atoms with Gasteiger partial charge in [0.25, 0.3) is 5.69 Å². The first kappa shape index (κ1) is 30.3. The first-order chi connectivity index (χ1) is 19.7. The molecule has 4 N–H and O–H groups in total. The number of aliphatic hydroxyl groups excluding tert-OH is 1. The zero-order valence-corrected chi connectivity index (χ0v) is 24.4. The molecule has 4 fully saturated rings. The second-order valence-corrected chi connectivity index (χ2v) is 13.8. The van der Waals surface area contributed by atoms with Gasteiger partial charge in [-0.05, 0) is 86.0 Å². The first-order valence-corrected chi connectivity index (χ1v) is 15.1. The Bertz CT molecular complexity index is 1290. The average Bonchev–Trinajstić information content (AvgIpc) is 3.37. The molecule has 12 nitrogen and oxygen atoms in total. The molecule has 0 amide bonds. The van der Waals surface area contributed by atoms with Gasteiger partial charge in [-0.25, -0.2) is 0 Å². The Morgan fingerprint density at radius 3 is 2.55 bits per heavy atom. The fraction of sp³-hybridized carbons (Fsp3) is 0.733. The fourth-order valence-corrected chi connectivity index (χ4v) is 9.97. The zero-order valence-electron chi connectivity index (χ0n) is 24.4. The molecule has 4 unspecified atom stereocenters. The van der Waals surface area contributed by atoms with Gasteiger partial charge in [0.1, 0.15) is 5.69 Å². The van der Waals surface area contributed by atoms with Crippen LogP contribution < -0.4 is 5.43 Å². The second-order valence-electron chi connectivity index (χ2n) is 13.8. The SMILES string of the molecule is C[C@H](CCC(=O)O)[C@H]1CCC2C3C(/C=N/Nc4ccc([N+](=O)[O-])cc4[N+](=O)[O-])[C@]4(O)C[C@@H](O)CC[C@]4(C)C3CC[C@@]21C. The quantitative estimate of drug-likeness (QED) is 0.167. The van der Waals surface area contributed by atoms with Crippen molar-refractivity contribution < 1.29 is 30.0 Å². The molecular formula is C30H42N4O8. The minimum absolute atomic E-state index is 0.0106. The molecule has 1 aromatic carbocycles. The van der Waals surface area contributed by atoms with Gasteiger partial charge >= 0.3 is 11.7 Å². The second kappa shape index (κ2) is 10.9. The van der Waals surface area contributed by atoms with E-state index in [1.165, 1.54) is 12.1 Å². The van der Waals surface area contributed by atoms with E-state index < -0.39 is 50.2 Å². The van der Waals surface area contributed by atoms with Crippen LogP contribution in [0.25, 0.3) is 0 Å². The molecule has 4 aliphatic rings. The Morgan fingerprint density at radius 2 is 1.88 bits per heavy atom. The standard InChI is InChI=1S/C30H42N4O8/c1-17(4-9-26(36)37)20-6-7-21-27-22(11-12-28(20,21)2)29(3)13-10-19(35)15-30(29,38)23(27)16-31-32-24-8-5-18(33(39)40)14-25(24)34(41)42/h5,8,14,16-17,19-23,27,32,35,38H,4,6-7,9-13,15H2,1-3H3,(H,36,37)/b31-16+/t17-,19+,20-,21?,22?,23?,27?,28-,29-,30-/m1/s1. The van der Waals surface area contributed by atoms with Gasteiger partial charge in [-0.1, -0.05) is 20.8 Å². The van der Waals surface area contributed by atoms with Crippen LogP contribution in [0.4, 0.5) is 17.1 Å². The highest BCUT2D eigenvalue weighted by atomic mass is 16.6. The molecular weight excluding hydrogens is 544 g/mol. The normalized spacial score (nSPS) is 39.7. The van der Waals surface area contributed by atoms with E-state index in [4.69, 9.17) is 0 Å². The zero-order chi connectivity index (χ0) is 30.6.